The van der Waals surface area contributed by atoms with Crippen molar-refractivity contribution in [1.29, 1.82) is 0 Å². The number of likely N-dealkylation sites (tertiary alicyclic amines) is 1. The Morgan fingerprint density at radius 1 is 1.58 bits per heavy atom. The summed E-state index contributed by atoms with van der Waals surface area (Å²) in [7, 11) is 1.77. The minimum absolute atomic E-state index is 0.333. The lowest BCUT2D eigenvalue weighted by Gasteiger charge is -2.21. The van der Waals surface area contributed by atoms with Crippen molar-refractivity contribution >= 4 is 12.0 Å². The fourth-order valence-electron chi connectivity index (χ4n) is 2.15. The molecule has 0 spiro atoms. The van der Waals surface area contributed by atoms with Gasteiger partial charge in [-0.05, 0) is 12.8 Å². The number of aryl methyl sites for hydroxylation is 1. The third-order valence-electron chi connectivity index (χ3n) is 3.07. The van der Waals surface area contributed by atoms with Gasteiger partial charge < -0.3 is 15.3 Å². The molecule has 19 heavy (non-hydrogen) atoms. The van der Waals surface area contributed by atoms with E-state index in [4.69, 9.17) is 5.11 Å². The molecule has 2 N–H and O–H groups in total. The molecule has 2 heterocycles. The average Bonchev–Trinajstić information content (AvgIpc) is 2.97. The molecule has 2 amide bonds. The van der Waals surface area contributed by atoms with E-state index in [0.717, 1.165) is 6.42 Å². The topological polar surface area (TPSA) is 100 Å². The number of carbonyl (C=O) groups excluding carboxylic acids is 1. The molecular weight excluding hydrogens is 250 g/mol. The van der Waals surface area contributed by atoms with E-state index in [1.807, 2.05) is 0 Å². The Bertz CT molecular complexity index is 473. The van der Waals surface area contributed by atoms with E-state index < -0.39 is 12.0 Å². The number of aromatic nitrogens is 3. The van der Waals surface area contributed by atoms with Crippen LogP contribution >= 0.6 is 0 Å². The van der Waals surface area contributed by atoms with Crippen molar-refractivity contribution in [3.63, 3.8) is 0 Å². The molecule has 1 aromatic rings. The first kappa shape index (κ1) is 13.3. The van der Waals surface area contributed by atoms with Gasteiger partial charge in [-0.2, -0.15) is 5.10 Å². The van der Waals surface area contributed by atoms with E-state index in [1.54, 1.807) is 18.1 Å². The van der Waals surface area contributed by atoms with Gasteiger partial charge in [0.25, 0.3) is 0 Å². The third-order valence-corrected chi connectivity index (χ3v) is 3.07. The lowest BCUT2D eigenvalue weighted by molar-refractivity contribution is -0.141. The number of rotatable bonds is 4. The zero-order valence-corrected chi connectivity index (χ0v) is 10.7. The molecule has 8 heteroatoms. The van der Waals surface area contributed by atoms with Crippen LogP contribution in [0.5, 0.6) is 0 Å². The summed E-state index contributed by atoms with van der Waals surface area (Å²) in [6, 6.07) is -1.03. The molecule has 0 radical (unpaired) electrons. The van der Waals surface area contributed by atoms with Crippen molar-refractivity contribution in [2.24, 2.45) is 7.05 Å². The van der Waals surface area contributed by atoms with E-state index in [-0.39, 0.29) is 6.03 Å². The molecule has 0 aromatic carbocycles. The first-order chi connectivity index (χ1) is 9.08. The van der Waals surface area contributed by atoms with Crippen LogP contribution in [-0.4, -0.2) is 55.9 Å². The number of nitrogens with one attached hydrogen (secondary N) is 1. The van der Waals surface area contributed by atoms with Gasteiger partial charge in [-0.15, -0.1) is 0 Å². The molecule has 104 valence electrons. The van der Waals surface area contributed by atoms with Crippen molar-refractivity contribution in [3.05, 3.63) is 12.2 Å². The molecule has 1 aromatic heterocycles. The summed E-state index contributed by atoms with van der Waals surface area (Å²) in [4.78, 5) is 28.2. The molecule has 8 nitrogen and oxygen atoms in total. The van der Waals surface area contributed by atoms with E-state index in [9.17, 15) is 9.59 Å². The van der Waals surface area contributed by atoms with E-state index in [0.29, 0.717) is 31.8 Å². The van der Waals surface area contributed by atoms with E-state index >= 15 is 0 Å². The molecule has 1 atom stereocenters. The van der Waals surface area contributed by atoms with Crippen LogP contribution in [0.1, 0.15) is 18.7 Å². The molecule has 1 unspecified atom stereocenters. The smallest absolute Gasteiger partial charge is 0.326 e. The fourth-order valence-corrected chi connectivity index (χ4v) is 2.15. The summed E-state index contributed by atoms with van der Waals surface area (Å²) in [6.07, 6.45) is 3.37. The Hall–Kier alpha value is -2.12. The largest absolute Gasteiger partial charge is 0.480 e. The maximum absolute atomic E-state index is 11.9. The summed E-state index contributed by atoms with van der Waals surface area (Å²) in [5.41, 5.74) is 0. The highest BCUT2D eigenvalue weighted by Crippen LogP contribution is 2.17. The van der Waals surface area contributed by atoms with Gasteiger partial charge in [0.1, 0.15) is 12.4 Å². The van der Waals surface area contributed by atoms with E-state index in [2.05, 4.69) is 15.4 Å². The molecule has 1 fully saturated rings. The van der Waals surface area contributed by atoms with Gasteiger partial charge in [-0.25, -0.2) is 14.6 Å². The Morgan fingerprint density at radius 3 is 3.00 bits per heavy atom. The summed E-state index contributed by atoms with van der Waals surface area (Å²) in [5, 5.41) is 15.8. The highest BCUT2D eigenvalue weighted by Gasteiger charge is 2.33. The number of amides is 2. The molecule has 0 saturated carbocycles. The van der Waals surface area contributed by atoms with Gasteiger partial charge in [0.15, 0.2) is 5.82 Å². The van der Waals surface area contributed by atoms with Crippen LogP contribution in [0.15, 0.2) is 6.33 Å². The Kier molecular flexibility index (Phi) is 3.98. The number of aliphatic carboxylic acids is 1. The second-order valence-electron chi connectivity index (χ2n) is 4.51. The lowest BCUT2D eigenvalue weighted by atomic mass is 10.2. The number of carboxylic acids is 1. The monoisotopic (exact) mass is 267 g/mol. The maximum atomic E-state index is 11.9. The Balaban J connectivity index is 1.79. The number of hydrogen-bond donors (Lipinski definition) is 2. The van der Waals surface area contributed by atoms with Crippen LogP contribution in [0.4, 0.5) is 4.79 Å². The fraction of sp³-hybridized carbons (Fsp3) is 0.636. The van der Waals surface area contributed by atoms with Crippen molar-refractivity contribution < 1.29 is 14.7 Å². The maximum Gasteiger partial charge on any atom is 0.326 e. The molecule has 1 aliphatic heterocycles. The standard InChI is InChI=1S/C11H17N5O3/c1-15-7-13-9(14-15)4-5-12-11(19)16-6-2-3-8(16)10(17)18/h7-8H,2-6H2,1H3,(H,12,19)(H,17,18). The molecule has 1 aliphatic rings. The van der Waals surface area contributed by atoms with Gasteiger partial charge in [0.2, 0.25) is 0 Å². The summed E-state index contributed by atoms with van der Waals surface area (Å²) < 4.78 is 1.60. The zero-order chi connectivity index (χ0) is 13.8. The minimum Gasteiger partial charge on any atom is -0.480 e. The quantitative estimate of drug-likeness (QED) is 0.774. The van der Waals surface area contributed by atoms with Crippen LogP contribution in [0, 0.1) is 0 Å². The van der Waals surface area contributed by atoms with Gasteiger partial charge in [-0.1, -0.05) is 0 Å². The minimum atomic E-state index is -0.945. The van der Waals surface area contributed by atoms with Gasteiger partial charge in [0.05, 0.1) is 0 Å². The van der Waals surface area contributed by atoms with Gasteiger partial charge >= 0.3 is 12.0 Å². The summed E-state index contributed by atoms with van der Waals surface area (Å²) >= 11 is 0. The number of urea groups is 1. The van der Waals surface area contributed by atoms with Gasteiger partial charge in [-0.3, -0.25) is 4.68 Å². The number of carboxylic acid groups (broad SMARTS) is 1. The molecule has 1 saturated heterocycles. The SMILES string of the molecule is Cn1cnc(CCNC(=O)N2CCCC2C(=O)O)n1. The third kappa shape index (κ3) is 3.21. The number of carbonyl (C=O) groups is 2. The molecule has 0 aliphatic carbocycles. The Labute approximate surface area is 110 Å². The number of hydrogen-bond acceptors (Lipinski definition) is 4. The Morgan fingerprint density at radius 2 is 2.37 bits per heavy atom. The van der Waals surface area contributed by atoms with Crippen LogP contribution in [0.25, 0.3) is 0 Å². The average molecular weight is 267 g/mol. The summed E-state index contributed by atoms with van der Waals surface area (Å²) in [5.74, 6) is -0.293. The van der Waals surface area contributed by atoms with Crippen molar-refractivity contribution in [3.8, 4) is 0 Å². The lowest BCUT2D eigenvalue weighted by Crippen LogP contribution is -2.46. The molecule has 2 rings (SSSR count). The van der Waals surface area contributed by atoms with Gasteiger partial charge in [0, 0.05) is 26.6 Å². The zero-order valence-electron chi connectivity index (χ0n) is 10.7. The highest BCUT2D eigenvalue weighted by atomic mass is 16.4. The first-order valence-corrected chi connectivity index (χ1v) is 6.19. The first-order valence-electron chi connectivity index (χ1n) is 6.19. The van der Waals surface area contributed by atoms with Crippen LogP contribution in [0.3, 0.4) is 0 Å². The highest BCUT2D eigenvalue weighted by molar-refractivity contribution is 5.83. The van der Waals surface area contributed by atoms with Crippen LogP contribution in [0.2, 0.25) is 0 Å². The second-order valence-corrected chi connectivity index (χ2v) is 4.51. The van der Waals surface area contributed by atoms with Crippen molar-refractivity contribution in [2.75, 3.05) is 13.1 Å². The predicted molar refractivity (Wildman–Crippen MR) is 65.5 cm³/mol. The summed E-state index contributed by atoms with van der Waals surface area (Å²) in [6.45, 7) is 0.885. The number of nitrogens with zero attached hydrogens (tertiary/aromatic N) is 4. The molecular formula is C11H17N5O3. The van der Waals surface area contributed by atoms with Crippen molar-refractivity contribution in [1.82, 2.24) is 25.0 Å². The van der Waals surface area contributed by atoms with Crippen LogP contribution < -0.4 is 5.32 Å². The normalized spacial score (nSPS) is 18.6. The predicted octanol–water partition coefficient (Wildman–Crippen LogP) is -0.384. The second kappa shape index (κ2) is 5.68. The van der Waals surface area contributed by atoms with Crippen LogP contribution in [-0.2, 0) is 18.3 Å². The van der Waals surface area contributed by atoms with E-state index in [1.165, 1.54) is 4.90 Å². The molecule has 0 bridgehead atoms. The van der Waals surface area contributed by atoms with Crippen molar-refractivity contribution in [2.45, 2.75) is 25.3 Å².